The third-order valence-electron chi connectivity index (χ3n) is 3.75. The van der Waals surface area contributed by atoms with Crippen LogP contribution in [0.25, 0.3) is 0 Å². The number of carbonyl (C=O) groups excluding carboxylic acids is 2. The smallest absolute Gasteiger partial charge is 0.227 e. The molecule has 0 spiro atoms. The SMILES string of the molecule is CC(=O)Nc1cccc(NC(=O)[C@@H]2CCC[C@@H]2CN)c1.Cl. The van der Waals surface area contributed by atoms with E-state index in [0.717, 1.165) is 19.3 Å². The largest absolute Gasteiger partial charge is 0.330 e. The van der Waals surface area contributed by atoms with Gasteiger partial charge in [-0.15, -0.1) is 12.4 Å². The zero-order chi connectivity index (χ0) is 14.5. The Hall–Kier alpha value is -1.59. The predicted molar refractivity (Wildman–Crippen MR) is 86.5 cm³/mol. The van der Waals surface area contributed by atoms with Crippen LogP contribution in [0.4, 0.5) is 11.4 Å². The lowest BCUT2D eigenvalue weighted by atomic mass is 9.95. The number of nitrogens with one attached hydrogen (secondary N) is 2. The van der Waals surface area contributed by atoms with Gasteiger partial charge in [0, 0.05) is 24.2 Å². The number of hydrogen-bond acceptors (Lipinski definition) is 3. The number of halogens is 1. The molecule has 2 amide bonds. The first-order valence-corrected chi connectivity index (χ1v) is 6.98. The first kappa shape index (κ1) is 17.5. The maximum Gasteiger partial charge on any atom is 0.227 e. The van der Waals surface area contributed by atoms with E-state index >= 15 is 0 Å². The number of carbonyl (C=O) groups is 2. The molecule has 116 valence electrons. The lowest BCUT2D eigenvalue weighted by molar-refractivity contribution is -0.120. The average Bonchev–Trinajstić information content (AvgIpc) is 2.86. The molecule has 0 unspecified atom stereocenters. The van der Waals surface area contributed by atoms with Crippen LogP contribution in [0, 0.1) is 11.8 Å². The van der Waals surface area contributed by atoms with E-state index < -0.39 is 0 Å². The fourth-order valence-electron chi connectivity index (χ4n) is 2.78. The number of anilines is 2. The van der Waals surface area contributed by atoms with E-state index in [1.54, 1.807) is 18.2 Å². The maximum absolute atomic E-state index is 12.3. The minimum atomic E-state index is -0.132. The molecule has 0 aromatic heterocycles. The van der Waals surface area contributed by atoms with Crippen molar-refractivity contribution in [1.82, 2.24) is 0 Å². The monoisotopic (exact) mass is 311 g/mol. The lowest BCUT2D eigenvalue weighted by Gasteiger charge is -2.17. The Morgan fingerprint density at radius 3 is 2.52 bits per heavy atom. The van der Waals surface area contributed by atoms with Gasteiger partial charge in [-0.05, 0) is 43.5 Å². The van der Waals surface area contributed by atoms with Crippen molar-refractivity contribution < 1.29 is 9.59 Å². The molecule has 1 aromatic rings. The molecule has 1 aliphatic rings. The minimum Gasteiger partial charge on any atom is -0.330 e. The first-order chi connectivity index (χ1) is 9.60. The summed E-state index contributed by atoms with van der Waals surface area (Å²) in [5.74, 6) is 0.184. The molecule has 0 radical (unpaired) electrons. The lowest BCUT2D eigenvalue weighted by Crippen LogP contribution is -2.29. The van der Waals surface area contributed by atoms with Gasteiger partial charge in [-0.1, -0.05) is 12.5 Å². The van der Waals surface area contributed by atoms with Crippen molar-refractivity contribution >= 4 is 35.6 Å². The highest BCUT2D eigenvalue weighted by molar-refractivity contribution is 5.94. The van der Waals surface area contributed by atoms with Gasteiger partial charge in [-0.25, -0.2) is 0 Å². The van der Waals surface area contributed by atoms with Gasteiger partial charge in [0.15, 0.2) is 0 Å². The highest BCUT2D eigenvalue weighted by atomic mass is 35.5. The molecule has 0 bridgehead atoms. The Kier molecular flexibility index (Phi) is 6.65. The quantitative estimate of drug-likeness (QED) is 0.798. The van der Waals surface area contributed by atoms with E-state index in [4.69, 9.17) is 5.73 Å². The Bertz CT molecular complexity index is 507. The minimum absolute atomic E-state index is 0. The molecule has 1 fully saturated rings. The van der Waals surface area contributed by atoms with Gasteiger partial charge in [0.2, 0.25) is 11.8 Å². The van der Waals surface area contributed by atoms with Crippen molar-refractivity contribution in [1.29, 1.82) is 0 Å². The van der Waals surface area contributed by atoms with Crippen LogP contribution in [0.5, 0.6) is 0 Å². The molecule has 5 nitrogen and oxygen atoms in total. The van der Waals surface area contributed by atoms with Gasteiger partial charge in [-0.2, -0.15) is 0 Å². The number of rotatable bonds is 4. The highest BCUT2D eigenvalue weighted by Gasteiger charge is 2.31. The average molecular weight is 312 g/mol. The van der Waals surface area contributed by atoms with E-state index in [1.807, 2.05) is 6.07 Å². The van der Waals surface area contributed by atoms with Crippen LogP contribution in [0.15, 0.2) is 24.3 Å². The van der Waals surface area contributed by atoms with Crippen molar-refractivity contribution in [2.24, 2.45) is 17.6 Å². The van der Waals surface area contributed by atoms with Gasteiger partial charge in [0.1, 0.15) is 0 Å². The normalized spacial score (nSPS) is 20.5. The van der Waals surface area contributed by atoms with Crippen LogP contribution in [-0.4, -0.2) is 18.4 Å². The van der Waals surface area contributed by atoms with Crippen LogP contribution in [0.1, 0.15) is 26.2 Å². The van der Waals surface area contributed by atoms with E-state index in [1.165, 1.54) is 6.92 Å². The van der Waals surface area contributed by atoms with Crippen LogP contribution >= 0.6 is 12.4 Å². The number of benzene rings is 1. The van der Waals surface area contributed by atoms with Crippen molar-refractivity contribution in [2.45, 2.75) is 26.2 Å². The van der Waals surface area contributed by atoms with Crippen molar-refractivity contribution in [3.05, 3.63) is 24.3 Å². The summed E-state index contributed by atoms with van der Waals surface area (Å²) in [7, 11) is 0. The number of nitrogens with two attached hydrogens (primary N) is 1. The number of hydrogen-bond donors (Lipinski definition) is 3. The third-order valence-corrected chi connectivity index (χ3v) is 3.75. The second kappa shape index (κ2) is 8.00. The first-order valence-electron chi connectivity index (χ1n) is 6.98. The summed E-state index contributed by atoms with van der Waals surface area (Å²) in [5.41, 5.74) is 7.08. The van der Waals surface area contributed by atoms with Gasteiger partial charge in [-0.3, -0.25) is 9.59 Å². The second-order valence-electron chi connectivity index (χ2n) is 5.28. The molecule has 2 rings (SSSR count). The Labute approximate surface area is 131 Å². The van der Waals surface area contributed by atoms with Crippen molar-refractivity contribution in [3.8, 4) is 0 Å². The van der Waals surface area contributed by atoms with Crippen LogP contribution < -0.4 is 16.4 Å². The van der Waals surface area contributed by atoms with Crippen molar-refractivity contribution in [3.63, 3.8) is 0 Å². The summed E-state index contributed by atoms with van der Waals surface area (Å²) in [4.78, 5) is 23.3. The summed E-state index contributed by atoms with van der Waals surface area (Å²) in [6, 6.07) is 7.16. The molecule has 6 heteroatoms. The Balaban J connectivity index is 0.00000220. The van der Waals surface area contributed by atoms with Crippen LogP contribution in [0.3, 0.4) is 0 Å². The maximum atomic E-state index is 12.3. The molecule has 0 saturated heterocycles. The van der Waals surface area contributed by atoms with Crippen LogP contribution in [0.2, 0.25) is 0 Å². The van der Waals surface area contributed by atoms with Gasteiger partial charge in [0.25, 0.3) is 0 Å². The summed E-state index contributed by atoms with van der Waals surface area (Å²) in [5, 5.41) is 5.61. The molecule has 2 atom stereocenters. The molecule has 0 heterocycles. The van der Waals surface area contributed by atoms with Gasteiger partial charge in [0.05, 0.1) is 0 Å². The molecule has 0 aliphatic heterocycles. The summed E-state index contributed by atoms with van der Waals surface area (Å²) >= 11 is 0. The summed E-state index contributed by atoms with van der Waals surface area (Å²) < 4.78 is 0. The fourth-order valence-corrected chi connectivity index (χ4v) is 2.78. The van der Waals surface area contributed by atoms with E-state index in [0.29, 0.717) is 17.9 Å². The van der Waals surface area contributed by atoms with Crippen molar-refractivity contribution in [2.75, 3.05) is 17.2 Å². The molecular weight excluding hydrogens is 290 g/mol. The zero-order valence-electron chi connectivity index (χ0n) is 12.1. The Morgan fingerprint density at radius 2 is 1.90 bits per heavy atom. The summed E-state index contributed by atoms with van der Waals surface area (Å²) in [6.07, 6.45) is 2.99. The fraction of sp³-hybridized carbons (Fsp3) is 0.467. The molecule has 1 aliphatic carbocycles. The molecule has 1 saturated carbocycles. The summed E-state index contributed by atoms with van der Waals surface area (Å²) in [6.45, 7) is 2.01. The second-order valence-corrected chi connectivity index (χ2v) is 5.28. The van der Waals surface area contributed by atoms with E-state index in [2.05, 4.69) is 10.6 Å². The standard InChI is InChI=1S/C15H21N3O2.ClH/c1-10(19)17-12-5-3-6-13(8-12)18-15(20)14-7-2-4-11(14)9-16;/h3,5-6,8,11,14H,2,4,7,9,16H2,1H3,(H,17,19)(H,18,20);1H/t11-,14-;/m1./s1. The van der Waals surface area contributed by atoms with E-state index in [9.17, 15) is 9.59 Å². The topological polar surface area (TPSA) is 84.2 Å². The highest BCUT2D eigenvalue weighted by Crippen LogP contribution is 2.32. The van der Waals surface area contributed by atoms with Crippen LogP contribution in [-0.2, 0) is 9.59 Å². The molecule has 1 aromatic carbocycles. The van der Waals surface area contributed by atoms with Gasteiger partial charge < -0.3 is 16.4 Å². The predicted octanol–water partition coefficient (Wildman–Crippen LogP) is 2.38. The van der Waals surface area contributed by atoms with E-state index in [-0.39, 0.29) is 36.1 Å². The third kappa shape index (κ3) is 4.72. The number of amides is 2. The van der Waals surface area contributed by atoms with Gasteiger partial charge >= 0.3 is 0 Å². The molecule has 4 N–H and O–H groups in total. The molecular formula is C15H22ClN3O2. The zero-order valence-corrected chi connectivity index (χ0v) is 12.9. The molecule has 21 heavy (non-hydrogen) atoms. The Morgan fingerprint density at radius 1 is 1.24 bits per heavy atom.